The molecule has 0 aliphatic carbocycles. The van der Waals surface area contributed by atoms with Gasteiger partial charge in [-0.2, -0.15) is 10.1 Å². The molecule has 1 aromatic carbocycles. The molecule has 140 valence electrons. The number of aryl methyl sites for hydroxylation is 1. The van der Waals surface area contributed by atoms with Gasteiger partial charge in [0, 0.05) is 30.5 Å². The number of halogens is 1. The summed E-state index contributed by atoms with van der Waals surface area (Å²) in [6.45, 7) is 3.46. The molecule has 3 aromatic heterocycles. The molecule has 9 heteroatoms. The van der Waals surface area contributed by atoms with Gasteiger partial charge in [-0.05, 0) is 30.3 Å². The molecule has 1 amide bonds. The maximum atomic E-state index is 11.5. The van der Waals surface area contributed by atoms with Crippen LogP contribution in [-0.2, 0) is 11.8 Å². The molecule has 0 aliphatic rings. The summed E-state index contributed by atoms with van der Waals surface area (Å²) in [5.74, 6) is 0.689. The molecular weight excluding hydrogens is 378 g/mol. The highest BCUT2D eigenvalue weighted by atomic mass is 35.5. The second-order valence-corrected chi connectivity index (χ2v) is 6.45. The molecular formula is C19H16ClN7O. The number of benzene rings is 1. The second kappa shape index (κ2) is 7.16. The van der Waals surface area contributed by atoms with Crippen molar-refractivity contribution in [3.8, 4) is 5.82 Å². The number of amides is 1. The van der Waals surface area contributed by atoms with Crippen LogP contribution in [0.3, 0.4) is 0 Å². The van der Waals surface area contributed by atoms with Crippen molar-refractivity contribution in [1.29, 1.82) is 0 Å². The molecule has 8 nitrogen and oxygen atoms in total. The van der Waals surface area contributed by atoms with E-state index in [1.165, 1.54) is 6.08 Å². The Bertz CT molecular complexity index is 1190. The number of hydrogen-bond donors (Lipinski definition) is 2. The normalized spacial score (nSPS) is 10.8. The van der Waals surface area contributed by atoms with Crippen molar-refractivity contribution in [3.63, 3.8) is 0 Å². The SMILES string of the molecule is C=CC(=O)Nc1ccc2c(ccn2-c2nc(Nc3cnn(C)c3)ncc2Cl)c1. The van der Waals surface area contributed by atoms with E-state index in [0.717, 1.165) is 16.6 Å². The Labute approximate surface area is 165 Å². The first-order valence-electron chi connectivity index (χ1n) is 8.36. The van der Waals surface area contributed by atoms with Crippen LogP contribution in [0, 0.1) is 0 Å². The molecule has 28 heavy (non-hydrogen) atoms. The number of anilines is 3. The number of carbonyl (C=O) groups is 1. The van der Waals surface area contributed by atoms with E-state index in [4.69, 9.17) is 11.6 Å². The monoisotopic (exact) mass is 393 g/mol. The average molecular weight is 394 g/mol. The van der Waals surface area contributed by atoms with Crippen molar-refractivity contribution in [2.24, 2.45) is 7.05 Å². The number of aromatic nitrogens is 5. The summed E-state index contributed by atoms with van der Waals surface area (Å²) in [6, 6.07) is 7.49. The van der Waals surface area contributed by atoms with Gasteiger partial charge in [-0.15, -0.1) is 0 Å². The third-order valence-corrected chi connectivity index (χ3v) is 4.32. The lowest BCUT2D eigenvalue weighted by Gasteiger charge is -2.10. The summed E-state index contributed by atoms with van der Waals surface area (Å²) in [6.07, 6.45) is 8.15. The third kappa shape index (κ3) is 3.45. The summed E-state index contributed by atoms with van der Waals surface area (Å²) in [4.78, 5) is 20.3. The van der Waals surface area contributed by atoms with Gasteiger partial charge in [0.2, 0.25) is 11.9 Å². The first kappa shape index (κ1) is 17.7. The molecule has 0 atom stereocenters. The highest BCUT2D eigenvalue weighted by Crippen LogP contribution is 2.27. The van der Waals surface area contributed by atoms with Crippen molar-refractivity contribution < 1.29 is 4.79 Å². The topological polar surface area (TPSA) is 89.7 Å². The van der Waals surface area contributed by atoms with Gasteiger partial charge in [0.15, 0.2) is 5.82 Å². The van der Waals surface area contributed by atoms with Gasteiger partial charge in [0.1, 0.15) is 5.02 Å². The second-order valence-electron chi connectivity index (χ2n) is 6.05. The van der Waals surface area contributed by atoms with Gasteiger partial charge >= 0.3 is 0 Å². The lowest BCUT2D eigenvalue weighted by molar-refractivity contribution is -0.111. The zero-order chi connectivity index (χ0) is 19.7. The van der Waals surface area contributed by atoms with Crippen molar-refractivity contribution in [2.75, 3.05) is 10.6 Å². The number of carbonyl (C=O) groups excluding carboxylic acids is 1. The predicted octanol–water partition coefficient (Wildman–Crippen LogP) is 3.68. The lowest BCUT2D eigenvalue weighted by Crippen LogP contribution is -2.07. The molecule has 4 aromatic rings. The van der Waals surface area contributed by atoms with Gasteiger partial charge in [-0.1, -0.05) is 18.2 Å². The van der Waals surface area contributed by atoms with Crippen LogP contribution < -0.4 is 10.6 Å². The highest BCUT2D eigenvalue weighted by Gasteiger charge is 2.12. The van der Waals surface area contributed by atoms with Crippen LogP contribution in [0.15, 0.2) is 61.7 Å². The molecule has 0 fully saturated rings. The van der Waals surface area contributed by atoms with E-state index in [1.54, 1.807) is 17.1 Å². The average Bonchev–Trinajstić information content (AvgIpc) is 3.29. The van der Waals surface area contributed by atoms with E-state index >= 15 is 0 Å². The van der Waals surface area contributed by atoms with Crippen LogP contribution in [-0.4, -0.2) is 30.2 Å². The van der Waals surface area contributed by atoms with Gasteiger partial charge in [-0.25, -0.2) is 4.98 Å². The molecule has 0 saturated carbocycles. The molecule has 0 aliphatic heterocycles. The number of nitrogens with zero attached hydrogens (tertiary/aromatic N) is 5. The summed E-state index contributed by atoms with van der Waals surface area (Å²) >= 11 is 6.36. The van der Waals surface area contributed by atoms with Gasteiger partial charge < -0.3 is 10.6 Å². The summed E-state index contributed by atoms with van der Waals surface area (Å²) in [7, 11) is 1.83. The predicted molar refractivity (Wildman–Crippen MR) is 109 cm³/mol. The van der Waals surface area contributed by atoms with Gasteiger partial charge in [0.25, 0.3) is 0 Å². The fourth-order valence-corrected chi connectivity index (χ4v) is 2.98. The van der Waals surface area contributed by atoms with E-state index in [0.29, 0.717) is 22.5 Å². The maximum Gasteiger partial charge on any atom is 0.247 e. The van der Waals surface area contributed by atoms with E-state index in [1.807, 2.05) is 48.3 Å². The smallest absolute Gasteiger partial charge is 0.247 e. The minimum atomic E-state index is -0.260. The van der Waals surface area contributed by atoms with E-state index in [-0.39, 0.29) is 5.91 Å². The number of fused-ring (bicyclic) bond motifs is 1. The van der Waals surface area contributed by atoms with E-state index in [2.05, 4.69) is 32.3 Å². The zero-order valence-corrected chi connectivity index (χ0v) is 15.7. The molecule has 0 unspecified atom stereocenters. The van der Waals surface area contributed by atoms with Crippen LogP contribution in [0.2, 0.25) is 5.02 Å². The van der Waals surface area contributed by atoms with Crippen LogP contribution in [0.25, 0.3) is 16.7 Å². The Balaban J connectivity index is 1.70. The molecule has 0 bridgehead atoms. The Kier molecular flexibility index (Phi) is 4.54. The summed E-state index contributed by atoms with van der Waals surface area (Å²) in [5, 5.41) is 11.3. The molecule has 4 rings (SSSR count). The Morgan fingerprint density at radius 3 is 2.86 bits per heavy atom. The molecule has 2 N–H and O–H groups in total. The fourth-order valence-electron chi connectivity index (χ4n) is 2.80. The fraction of sp³-hybridized carbons (Fsp3) is 0.0526. The van der Waals surface area contributed by atoms with Crippen molar-refractivity contribution >= 4 is 45.7 Å². The lowest BCUT2D eigenvalue weighted by atomic mass is 10.2. The van der Waals surface area contributed by atoms with Crippen molar-refractivity contribution in [1.82, 2.24) is 24.3 Å². The zero-order valence-electron chi connectivity index (χ0n) is 14.9. The Hall–Kier alpha value is -3.65. The summed E-state index contributed by atoms with van der Waals surface area (Å²) in [5.41, 5.74) is 2.35. The molecule has 3 heterocycles. The Morgan fingerprint density at radius 1 is 1.25 bits per heavy atom. The van der Waals surface area contributed by atoms with Crippen LogP contribution in [0.1, 0.15) is 0 Å². The summed E-state index contributed by atoms with van der Waals surface area (Å²) < 4.78 is 3.55. The number of hydrogen-bond acceptors (Lipinski definition) is 5. The quantitative estimate of drug-likeness (QED) is 0.505. The van der Waals surface area contributed by atoms with Crippen LogP contribution in [0.5, 0.6) is 0 Å². The Morgan fingerprint density at radius 2 is 2.11 bits per heavy atom. The van der Waals surface area contributed by atoms with E-state index in [9.17, 15) is 4.79 Å². The first-order valence-corrected chi connectivity index (χ1v) is 8.74. The minimum absolute atomic E-state index is 0.260. The highest BCUT2D eigenvalue weighted by molar-refractivity contribution is 6.32. The standard InChI is InChI=1S/C19H16ClN7O/c1-3-17(28)23-13-4-5-16-12(8-13)6-7-27(16)18-15(20)10-21-19(25-18)24-14-9-22-26(2)11-14/h3-11H,1H2,2H3,(H,23,28)(H,21,24,25). The van der Waals surface area contributed by atoms with Crippen LogP contribution in [0.4, 0.5) is 17.3 Å². The van der Waals surface area contributed by atoms with E-state index < -0.39 is 0 Å². The maximum absolute atomic E-state index is 11.5. The van der Waals surface area contributed by atoms with Gasteiger partial charge in [0.05, 0.1) is 23.6 Å². The van der Waals surface area contributed by atoms with Crippen molar-refractivity contribution in [2.45, 2.75) is 0 Å². The number of rotatable bonds is 5. The van der Waals surface area contributed by atoms with Crippen LogP contribution >= 0.6 is 11.6 Å². The molecule has 0 radical (unpaired) electrons. The minimum Gasteiger partial charge on any atom is -0.323 e. The number of nitrogens with one attached hydrogen (secondary N) is 2. The molecule has 0 spiro atoms. The molecule has 0 saturated heterocycles. The first-order chi connectivity index (χ1) is 13.5. The largest absolute Gasteiger partial charge is 0.323 e. The van der Waals surface area contributed by atoms with Crippen molar-refractivity contribution in [3.05, 3.63) is 66.7 Å². The van der Waals surface area contributed by atoms with Gasteiger partial charge in [-0.3, -0.25) is 14.0 Å². The third-order valence-electron chi connectivity index (χ3n) is 4.06.